The molecule has 3 N–H and O–H groups in total. The summed E-state index contributed by atoms with van der Waals surface area (Å²) in [6.45, 7) is 3.72. The number of carbonyl (C=O) groups is 3. The molecule has 3 aromatic rings. The molecule has 0 spiro atoms. The van der Waals surface area contributed by atoms with Crippen molar-refractivity contribution < 1.29 is 14.4 Å². The lowest BCUT2D eigenvalue weighted by Gasteiger charge is -2.17. The number of hydrogen-bond donors (Lipinski definition) is 3. The molecule has 0 saturated carbocycles. The van der Waals surface area contributed by atoms with Gasteiger partial charge in [0, 0.05) is 41.3 Å². The van der Waals surface area contributed by atoms with Crippen LogP contribution in [0.4, 0.5) is 22.7 Å². The van der Waals surface area contributed by atoms with E-state index in [0.29, 0.717) is 16.9 Å². The number of para-hydroxylation sites is 1. The largest absolute Gasteiger partial charge is 0.376 e. The van der Waals surface area contributed by atoms with Crippen LogP contribution in [0.15, 0.2) is 78.9 Å². The van der Waals surface area contributed by atoms with Crippen LogP contribution in [0.2, 0.25) is 0 Å². The molecule has 7 heteroatoms. The number of nitrogens with zero attached hydrogens (tertiary/aromatic N) is 1. The van der Waals surface area contributed by atoms with Crippen LogP contribution in [0.1, 0.15) is 24.2 Å². The topological polar surface area (TPSA) is 90.5 Å². The molecule has 0 bridgehead atoms. The molecule has 0 saturated heterocycles. The molecule has 0 aliphatic carbocycles. The maximum Gasteiger partial charge on any atom is 0.258 e. The number of hydrogen-bond acceptors (Lipinski definition) is 4. The van der Waals surface area contributed by atoms with E-state index in [2.05, 4.69) is 16.0 Å². The molecule has 0 unspecified atom stereocenters. The predicted molar refractivity (Wildman–Crippen MR) is 133 cm³/mol. The van der Waals surface area contributed by atoms with E-state index in [1.165, 1.54) is 0 Å². The van der Waals surface area contributed by atoms with Crippen LogP contribution in [0.3, 0.4) is 0 Å². The molecule has 3 rings (SSSR count). The zero-order chi connectivity index (χ0) is 23.8. The van der Waals surface area contributed by atoms with Gasteiger partial charge < -0.3 is 20.9 Å². The fourth-order valence-corrected chi connectivity index (χ4v) is 3.04. The summed E-state index contributed by atoms with van der Waals surface area (Å²) in [5.74, 6) is -0.557. The van der Waals surface area contributed by atoms with E-state index in [1.54, 1.807) is 60.5 Å². The first-order valence-electron chi connectivity index (χ1n) is 10.7. The van der Waals surface area contributed by atoms with Crippen LogP contribution >= 0.6 is 0 Å². The third-order valence-corrected chi connectivity index (χ3v) is 4.97. The third-order valence-electron chi connectivity index (χ3n) is 4.97. The van der Waals surface area contributed by atoms with Crippen LogP contribution in [0.5, 0.6) is 0 Å². The highest BCUT2D eigenvalue weighted by Crippen LogP contribution is 2.18. The number of rotatable bonds is 8. The van der Waals surface area contributed by atoms with Gasteiger partial charge in [-0.3, -0.25) is 14.4 Å². The molecular weight excluding hydrogens is 416 g/mol. The Hall–Kier alpha value is -4.13. The van der Waals surface area contributed by atoms with Gasteiger partial charge in [0.15, 0.2) is 0 Å². The zero-order valence-electron chi connectivity index (χ0n) is 19.0. The van der Waals surface area contributed by atoms with Crippen molar-refractivity contribution in [3.05, 3.63) is 84.4 Å². The summed E-state index contributed by atoms with van der Waals surface area (Å²) < 4.78 is 0. The van der Waals surface area contributed by atoms with E-state index in [4.69, 9.17) is 0 Å². The standard InChI is InChI=1S/C26H28N4O3/c1-18(2)25(32)29-21-14-12-20(13-15-21)27-17-24(31)28-22-9-7-8-19(16-22)26(33)30(3)23-10-5-4-6-11-23/h4-16,18,27H,17H2,1-3H3,(H,28,31)(H,29,32). The Morgan fingerprint density at radius 1 is 0.788 bits per heavy atom. The quantitative estimate of drug-likeness (QED) is 0.473. The molecule has 3 amide bonds. The maximum atomic E-state index is 12.8. The van der Waals surface area contributed by atoms with Gasteiger partial charge in [0.25, 0.3) is 5.91 Å². The van der Waals surface area contributed by atoms with Crippen LogP contribution in [-0.2, 0) is 9.59 Å². The summed E-state index contributed by atoms with van der Waals surface area (Å²) in [7, 11) is 1.71. The smallest absolute Gasteiger partial charge is 0.258 e. The molecule has 0 atom stereocenters. The molecule has 0 aliphatic heterocycles. The van der Waals surface area contributed by atoms with Gasteiger partial charge in [0.2, 0.25) is 11.8 Å². The average Bonchev–Trinajstić information content (AvgIpc) is 2.83. The fraction of sp³-hybridized carbons (Fsp3) is 0.192. The zero-order valence-corrected chi connectivity index (χ0v) is 19.0. The van der Waals surface area contributed by atoms with Gasteiger partial charge in [-0.05, 0) is 54.6 Å². The summed E-state index contributed by atoms with van der Waals surface area (Å²) in [6.07, 6.45) is 0. The van der Waals surface area contributed by atoms with Gasteiger partial charge in [0.1, 0.15) is 0 Å². The lowest BCUT2D eigenvalue weighted by atomic mass is 10.1. The van der Waals surface area contributed by atoms with Crippen molar-refractivity contribution >= 4 is 40.5 Å². The van der Waals surface area contributed by atoms with Crippen molar-refractivity contribution in [1.82, 2.24) is 0 Å². The summed E-state index contributed by atoms with van der Waals surface area (Å²) in [5.41, 5.74) is 3.26. The lowest BCUT2D eigenvalue weighted by Crippen LogP contribution is -2.26. The molecule has 0 fully saturated rings. The molecule has 170 valence electrons. The van der Waals surface area contributed by atoms with E-state index in [0.717, 1.165) is 11.4 Å². The van der Waals surface area contributed by atoms with Gasteiger partial charge in [-0.25, -0.2) is 0 Å². The summed E-state index contributed by atoms with van der Waals surface area (Å²) in [4.78, 5) is 38.5. The van der Waals surface area contributed by atoms with Gasteiger partial charge in [0.05, 0.1) is 6.54 Å². The van der Waals surface area contributed by atoms with E-state index in [9.17, 15) is 14.4 Å². The maximum absolute atomic E-state index is 12.8. The van der Waals surface area contributed by atoms with Gasteiger partial charge in [-0.15, -0.1) is 0 Å². The molecule has 3 aromatic carbocycles. The second-order valence-corrected chi connectivity index (χ2v) is 7.90. The third kappa shape index (κ3) is 6.67. The number of anilines is 4. The fourth-order valence-electron chi connectivity index (χ4n) is 3.04. The number of carbonyl (C=O) groups excluding carboxylic acids is 3. The summed E-state index contributed by atoms with van der Waals surface area (Å²) in [6, 6.07) is 23.4. The SMILES string of the molecule is CC(C)C(=O)Nc1ccc(NCC(=O)Nc2cccc(C(=O)N(C)c3ccccc3)c2)cc1. The van der Waals surface area contributed by atoms with Crippen molar-refractivity contribution in [2.45, 2.75) is 13.8 Å². The average molecular weight is 445 g/mol. The highest BCUT2D eigenvalue weighted by atomic mass is 16.2. The molecule has 0 aromatic heterocycles. The van der Waals surface area contributed by atoms with Crippen molar-refractivity contribution in [1.29, 1.82) is 0 Å². The first-order valence-corrected chi connectivity index (χ1v) is 10.7. The Kier molecular flexibility index (Phi) is 7.81. The Morgan fingerprint density at radius 2 is 1.45 bits per heavy atom. The number of nitrogens with one attached hydrogen (secondary N) is 3. The first kappa shape index (κ1) is 23.5. The molecule has 0 radical (unpaired) electrons. The first-order chi connectivity index (χ1) is 15.8. The van der Waals surface area contributed by atoms with Crippen LogP contribution in [0, 0.1) is 5.92 Å². The van der Waals surface area contributed by atoms with Gasteiger partial charge in [-0.2, -0.15) is 0 Å². The highest BCUT2D eigenvalue weighted by Gasteiger charge is 2.14. The Balaban J connectivity index is 1.54. The number of benzene rings is 3. The van der Waals surface area contributed by atoms with E-state index >= 15 is 0 Å². The minimum atomic E-state index is -0.242. The van der Waals surface area contributed by atoms with Crippen LogP contribution < -0.4 is 20.9 Å². The lowest BCUT2D eigenvalue weighted by molar-refractivity contribution is -0.119. The van der Waals surface area contributed by atoms with E-state index < -0.39 is 0 Å². The predicted octanol–water partition coefficient (Wildman–Crippen LogP) is 4.61. The molecular formula is C26H28N4O3. The van der Waals surface area contributed by atoms with Gasteiger partial charge in [-0.1, -0.05) is 38.1 Å². The van der Waals surface area contributed by atoms with Crippen LogP contribution in [-0.4, -0.2) is 31.3 Å². The van der Waals surface area contributed by atoms with Crippen LogP contribution in [0.25, 0.3) is 0 Å². The van der Waals surface area contributed by atoms with E-state index in [-0.39, 0.29) is 30.2 Å². The van der Waals surface area contributed by atoms with E-state index in [1.807, 2.05) is 44.2 Å². The minimum absolute atomic E-state index is 0.0502. The molecule has 7 nitrogen and oxygen atoms in total. The number of amides is 3. The summed E-state index contributed by atoms with van der Waals surface area (Å²) >= 11 is 0. The highest BCUT2D eigenvalue weighted by molar-refractivity contribution is 6.06. The van der Waals surface area contributed by atoms with Gasteiger partial charge >= 0.3 is 0 Å². The molecule has 0 heterocycles. The Bertz CT molecular complexity index is 1110. The summed E-state index contributed by atoms with van der Waals surface area (Å²) in [5, 5.41) is 8.67. The Labute approximate surface area is 193 Å². The minimum Gasteiger partial charge on any atom is -0.376 e. The van der Waals surface area contributed by atoms with Crippen molar-refractivity contribution in [3.8, 4) is 0 Å². The van der Waals surface area contributed by atoms with Crippen molar-refractivity contribution in [3.63, 3.8) is 0 Å². The Morgan fingerprint density at radius 3 is 2.12 bits per heavy atom. The second kappa shape index (κ2) is 10.9. The van der Waals surface area contributed by atoms with Crippen molar-refractivity contribution in [2.24, 2.45) is 5.92 Å². The molecule has 33 heavy (non-hydrogen) atoms. The van der Waals surface area contributed by atoms with Crippen molar-refractivity contribution in [2.75, 3.05) is 34.4 Å². The molecule has 0 aliphatic rings. The second-order valence-electron chi connectivity index (χ2n) is 7.90. The monoisotopic (exact) mass is 444 g/mol. The normalized spacial score (nSPS) is 10.4.